The predicted octanol–water partition coefficient (Wildman–Crippen LogP) is 3.76. The minimum absolute atomic E-state index is 1.18. The first-order chi connectivity index (χ1) is 5.86. The average Bonchev–Trinajstić information content (AvgIpc) is 2.25. The molecule has 1 heteroatoms. The first-order valence-corrected chi connectivity index (χ1v) is 5.09. The maximum absolute atomic E-state index is 3.57. The van der Waals surface area contributed by atoms with Crippen LogP contribution in [0.4, 0.5) is 0 Å². The summed E-state index contributed by atoms with van der Waals surface area (Å²) in [6, 6.07) is 8.62. The van der Waals surface area contributed by atoms with Crippen molar-refractivity contribution in [2.24, 2.45) is 0 Å². The lowest BCUT2D eigenvalue weighted by molar-refractivity contribution is 0.847. The Kier molecular flexibility index (Phi) is 2.31. The standard InChI is InChI=1S/C11H11Br/c12-11-7-3-6-9-4-1-2-5-10(9)8-11/h1-2,4-5,8H,3,6-7H2. The summed E-state index contributed by atoms with van der Waals surface area (Å²) in [5, 5.41) is 0. The summed E-state index contributed by atoms with van der Waals surface area (Å²) in [5.41, 5.74) is 2.86. The van der Waals surface area contributed by atoms with E-state index in [0.717, 1.165) is 0 Å². The van der Waals surface area contributed by atoms with Crippen LogP contribution < -0.4 is 0 Å². The monoisotopic (exact) mass is 222 g/mol. The number of aryl methyl sites for hydroxylation is 1. The quantitative estimate of drug-likeness (QED) is 0.628. The van der Waals surface area contributed by atoms with Crippen molar-refractivity contribution in [2.45, 2.75) is 19.3 Å². The van der Waals surface area contributed by atoms with Crippen molar-refractivity contribution in [3.8, 4) is 0 Å². The van der Waals surface area contributed by atoms with E-state index in [2.05, 4.69) is 46.3 Å². The highest BCUT2D eigenvalue weighted by Crippen LogP contribution is 2.25. The fourth-order valence-electron chi connectivity index (χ4n) is 1.59. The van der Waals surface area contributed by atoms with Gasteiger partial charge in [0.1, 0.15) is 0 Å². The maximum Gasteiger partial charge on any atom is -0.00432 e. The normalized spacial score (nSPS) is 16.2. The van der Waals surface area contributed by atoms with Crippen molar-refractivity contribution >= 4 is 22.0 Å². The third-order valence-corrected chi connectivity index (χ3v) is 2.85. The number of hydrogen-bond acceptors (Lipinski definition) is 0. The molecule has 0 unspecified atom stereocenters. The van der Waals surface area contributed by atoms with Gasteiger partial charge in [-0.1, -0.05) is 40.2 Å². The summed E-state index contributed by atoms with van der Waals surface area (Å²) in [7, 11) is 0. The van der Waals surface area contributed by atoms with Crippen LogP contribution in [-0.2, 0) is 6.42 Å². The molecule has 0 fully saturated rings. The summed E-state index contributed by atoms with van der Waals surface area (Å²) in [5.74, 6) is 0. The molecule has 12 heavy (non-hydrogen) atoms. The minimum Gasteiger partial charge on any atom is -0.0620 e. The van der Waals surface area contributed by atoms with Gasteiger partial charge >= 0.3 is 0 Å². The smallest absolute Gasteiger partial charge is 0.00432 e. The SMILES string of the molecule is BrC1=Cc2ccccc2CCC1. The molecule has 0 N–H and O–H groups in total. The van der Waals surface area contributed by atoms with Gasteiger partial charge < -0.3 is 0 Å². The summed E-state index contributed by atoms with van der Waals surface area (Å²) < 4.78 is 1.33. The molecule has 2 rings (SSSR count). The van der Waals surface area contributed by atoms with E-state index in [1.807, 2.05) is 0 Å². The summed E-state index contributed by atoms with van der Waals surface area (Å²) in [6.07, 6.45) is 5.88. The second-order valence-electron chi connectivity index (χ2n) is 3.14. The lowest BCUT2D eigenvalue weighted by Gasteiger charge is -2.00. The average molecular weight is 223 g/mol. The first-order valence-electron chi connectivity index (χ1n) is 4.30. The van der Waals surface area contributed by atoms with Crippen molar-refractivity contribution in [1.82, 2.24) is 0 Å². The van der Waals surface area contributed by atoms with E-state index in [0.29, 0.717) is 0 Å². The topological polar surface area (TPSA) is 0 Å². The Morgan fingerprint density at radius 3 is 2.83 bits per heavy atom. The molecular weight excluding hydrogens is 212 g/mol. The predicted molar refractivity (Wildman–Crippen MR) is 56.3 cm³/mol. The maximum atomic E-state index is 3.57. The number of fused-ring (bicyclic) bond motifs is 1. The van der Waals surface area contributed by atoms with Gasteiger partial charge in [0.25, 0.3) is 0 Å². The van der Waals surface area contributed by atoms with Gasteiger partial charge in [0.05, 0.1) is 0 Å². The number of rotatable bonds is 0. The zero-order chi connectivity index (χ0) is 8.39. The third kappa shape index (κ3) is 1.61. The van der Waals surface area contributed by atoms with Crippen molar-refractivity contribution in [2.75, 3.05) is 0 Å². The highest BCUT2D eigenvalue weighted by molar-refractivity contribution is 9.11. The Labute approximate surface area is 81.4 Å². The molecule has 0 heterocycles. The van der Waals surface area contributed by atoms with Gasteiger partial charge in [0.15, 0.2) is 0 Å². The molecule has 62 valence electrons. The van der Waals surface area contributed by atoms with Crippen molar-refractivity contribution in [3.05, 3.63) is 39.9 Å². The van der Waals surface area contributed by atoms with E-state index in [-0.39, 0.29) is 0 Å². The van der Waals surface area contributed by atoms with Gasteiger partial charge in [-0.15, -0.1) is 0 Å². The van der Waals surface area contributed by atoms with E-state index in [1.54, 1.807) is 0 Å². The van der Waals surface area contributed by atoms with Crippen molar-refractivity contribution in [3.63, 3.8) is 0 Å². The Balaban J connectivity index is 2.47. The van der Waals surface area contributed by atoms with Crippen LogP contribution >= 0.6 is 15.9 Å². The third-order valence-electron chi connectivity index (χ3n) is 2.23. The molecule has 0 bridgehead atoms. The Morgan fingerprint density at radius 1 is 1.08 bits per heavy atom. The van der Waals surface area contributed by atoms with Gasteiger partial charge in [-0.2, -0.15) is 0 Å². The van der Waals surface area contributed by atoms with Gasteiger partial charge in [-0.05, 0) is 40.9 Å². The zero-order valence-corrected chi connectivity index (χ0v) is 8.47. The second kappa shape index (κ2) is 3.44. The lowest BCUT2D eigenvalue weighted by atomic mass is 10.1. The van der Waals surface area contributed by atoms with E-state index in [1.165, 1.54) is 34.9 Å². The lowest BCUT2D eigenvalue weighted by Crippen LogP contribution is -1.85. The molecule has 0 atom stereocenters. The molecule has 1 aromatic rings. The highest BCUT2D eigenvalue weighted by atomic mass is 79.9. The number of halogens is 1. The first kappa shape index (κ1) is 8.06. The van der Waals surface area contributed by atoms with Gasteiger partial charge in [0, 0.05) is 0 Å². The molecule has 1 aromatic carbocycles. The molecule has 0 aromatic heterocycles. The van der Waals surface area contributed by atoms with Crippen LogP contribution in [0.2, 0.25) is 0 Å². The zero-order valence-electron chi connectivity index (χ0n) is 6.89. The fourth-order valence-corrected chi connectivity index (χ4v) is 2.12. The molecule has 0 radical (unpaired) electrons. The molecule has 0 saturated heterocycles. The molecule has 0 saturated carbocycles. The van der Waals surface area contributed by atoms with E-state index >= 15 is 0 Å². The molecular formula is C11H11Br. The molecule has 0 nitrogen and oxygen atoms in total. The van der Waals surface area contributed by atoms with Gasteiger partial charge in [-0.3, -0.25) is 0 Å². The van der Waals surface area contributed by atoms with Crippen molar-refractivity contribution in [1.29, 1.82) is 0 Å². The highest BCUT2D eigenvalue weighted by Gasteiger charge is 2.05. The molecule has 1 aliphatic carbocycles. The van der Waals surface area contributed by atoms with E-state index in [9.17, 15) is 0 Å². The molecule has 0 aliphatic heterocycles. The van der Waals surface area contributed by atoms with Crippen LogP contribution in [0, 0.1) is 0 Å². The number of benzene rings is 1. The molecule has 0 spiro atoms. The van der Waals surface area contributed by atoms with Crippen LogP contribution in [-0.4, -0.2) is 0 Å². The van der Waals surface area contributed by atoms with Gasteiger partial charge in [0.2, 0.25) is 0 Å². The Morgan fingerprint density at radius 2 is 1.92 bits per heavy atom. The summed E-state index contributed by atoms with van der Waals surface area (Å²) in [4.78, 5) is 0. The second-order valence-corrected chi connectivity index (χ2v) is 4.16. The largest absolute Gasteiger partial charge is 0.0620 e. The Bertz CT molecular complexity index is 313. The summed E-state index contributed by atoms with van der Waals surface area (Å²) >= 11 is 3.57. The van der Waals surface area contributed by atoms with E-state index in [4.69, 9.17) is 0 Å². The molecule has 0 amide bonds. The van der Waals surface area contributed by atoms with E-state index < -0.39 is 0 Å². The summed E-state index contributed by atoms with van der Waals surface area (Å²) in [6.45, 7) is 0. The van der Waals surface area contributed by atoms with Gasteiger partial charge in [-0.25, -0.2) is 0 Å². The van der Waals surface area contributed by atoms with Crippen LogP contribution in [0.15, 0.2) is 28.7 Å². The van der Waals surface area contributed by atoms with Crippen molar-refractivity contribution < 1.29 is 0 Å². The van der Waals surface area contributed by atoms with Crippen LogP contribution in [0.5, 0.6) is 0 Å². The number of allylic oxidation sites excluding steroid dienone is 1. The van der Waals surface area contributed by atoms with Crippen LogP contribution in [0.25, 0.3) is 6.08 Å². The number of hydrogen-bond donors (Lipinski definition) is 0. The molecule has 1 aliphatic rings. The van der Waals surface area contributed by atoms with Crippen LogP contribution in [0.3, 0.4) is 0 Å². The minimum atomic E-state index is 1.18. The van der Waals surface area contributed by atoms with Crippen LogP contribution in [0.1, 0.15) is 24.0 Å². The Hall–Kier alpha value is -0.560. The fraction of sp³-hybridized carbons (Fsp3) is 0.273.